The number of rotatable bonds is 5. The van der Waals surface area contributed by atoms with Gasteiger partial charge in [0.15, 0.2) is 0 Å². The van der Waals surface area contributed by atoms with E-state index in [1.807, 2.05) is 38.1 Å². The van der Waals surface area contributed by atoms with Gasteiger partial charge in [-0.15, -0.1) is 0 Å². The van der Waals surface area contributed by atoms with Crippen LogP contribution in [-0.4, -0.2) is 11.2 Å². The largest absolute Gasteiger partial charge is 0.491 e. The van der Waals surface area contributed by atoms with Gasteiger partial charge in [-0.3, -0.25) is 0 Å². The van der Waals surface area contributed by atoms with Crippen LogP contribution in [0.1, 0.15) is 57.6 Å². The maximum absolute atomic E-state index is 10.4. The Morgan fingerprint density at radius 1 is 1.22 bits per heavy atom. The molecule has 0 aliphatic heterocycles. The molecule has 1 N–H and O–H groups in total. The lowest BCUT2D eigenvalue weighted by Crippen LogP contribution is -2.10. The molecule has 1 atom stereocenters. The summed E-state index contributed by atoms with van der Waals surface area (Å²) in [5, 5.41) is 10.4. The van der Waals surface area contributed by atoms with Gasteiger partial charge in [-0.1, -0.05) is 43.9 Å². The van der Waals surface area contributed by atoms with Gasteiger partial charge in [-0.2, -0.15) is 0 Å². The van der Waals surface area contributed by atoms with Crippen LogP contribution in [0.4, 0.5) is 0 Å². The number of benzene rings is 1. The Morgan fingerprint density at radius 2 is 1.89 bits per heavy atom. The van der Waals surface area contributed by atoms with Crippen LogP contribution in [0.2, 0.25) is 0 Å². The van der Waals surface area contributed by atoms with Crippen LogP contribution >= 0.6 is 0 Å². The van der Waals surface area contributed by atoms with E-state index in [-0.39, 0.29) is 12.2 Å². The minimum absolute atomic E-state index is 0.143. The highest BCUT2D eigenvalue weighted by atomic mass is 16.5. The average molecular weight is 248 g/mol. The van der Waals surface area contributed by atoms with Crippen molar-refractivity contribution >= 4 is 0 Å². The average Bonchev–Trinajstić information content (AvgIpc) is 2.81. The molecule has 2 rings (SSSR count). The Bertz CT molecular complexity index is 367. The molecule has 1 aliphatic rings. The number of para-hydroxylation sites is 1. The second kappa shape index (κ2) is 6.24. The first kappa shape index (κ1) is 13.4. The van der Waals surface area contributed by atoms with E-state index in [0.29, 0.717) is 5.92 Å². The summed E-state index contributed by atoms with van der Waals surface area (Å²) < 4.78 is 5.77. The molecule has 1 aromatic carbocycles. The number of aliphatic hydroxyl groups is 1. The van der Waals surface area contributed by atoms with Crippen molar-refractivity contribution in [1.82, 2.24) is 0 Å². The second-order valence-corrected chi connectivity index (χ2v) is 5.61. The first-order valence-electron chi connectivity index (χ1n) is 7.10. The molecule has 0 saturated heterocycles. The van der Waals surface area contributed by atoms with Crippen molar-refractivity contribution < 1.29 is 9.84 Å². The van der Waals surface area contributed by atoms with Gasteiger partial charge in [0.1, 0.15) is 5.75 Å². The molecule has 1 aliphatic carbocycles. The molecule has 0 spiro atoms. The van der Waals surface area contributed by atoms with Gasteiger partial charge in [0, 0.05) is 5.56 Å². The molecule has 2 nitrogen and oxygen atoms in total. The molecular weight excluding hydrogens is 224 g/mol. The molecule has 1 saturated carbocycles. The Morgan fingerprint density at radius 3 is 2.56 bits per heavy atom. The number of ether oxygens (including phenoxy) is 1. The third-order valence-corrected chi connectivity index (χ3v) is 3.67. The zero-order valence-electron chi connectivity index (χ0n) is 11.4. The van der Waals surface area contributed by atoms with Gasteiger partial charge in [0.05, 0.1) is 12.2 Å². The summed E-state index contributed by atoms with van der Waals surface area (Å²) in [6.45, 7) is 4.03. The molecule has 0 aromatic heterocycles. The SMILES string of the molecule is CC(C)Oc1ccccc1C(O)CC1CCCC1. The molecule has 1 unspecified atom stereocenters. The van der Waals surface area contributed by atoms with Gasteiger partial charge in [0.25, 0.3) is 0 Å². The summed E-state index contributed by atoms with van der Waals surface area (Å²) in [4.78, 5) is 0. The highest BCUT2D eigenvalue weighted by molar-refractivity contribution is 5.35. The quantitative estimate of drug-likeness (QED) is 0.850. The van der Waals surface area contributed by atoms with E-state index in [9.17, 15) is 5.11 Å². The molecule has 100 valence electrons. The number of hydrogen-bond donors (Lipinski definition) is 1. The Balaban J connectivity index is 2.05. The topological polar surface area (TPSA) is 29.5 Å². The molecule has 1 fully saturated rings. The lowest BCUT2D eigenvalue weighted by molar-refractivity contribution is 0.137. The maximum atomic E-state index is 10.4. The van der Waals surface area contributed by atoms with Crippen LogP contribution in [0.25, 0.3) is 0 Å². The standard InChI is InChI=1S/C16H24O2/c1-12(2)18-16-10-6-5-9-14(16)15(17)11-13-7-3-4-8-13/h5-6,9-10,12-13,15,17H,3-4,7-8,11H2,1-2H3. The fraction of sp³-hybridized carbons (Fsp3) is 0.625. The summed E-state index contributed by atoms with van der Waals surface area (Å²) in [6.07, 6.45) is 5.81. The van der Waals surface area contributed by atoms with Crippen LogP contribution < -0.4 is 4.74 Å². The number of hydrogen-bond acceptors (Lipinski definition) is 2. The minimum atomic E-state index is -0.386. The molecule has 0 amide bonds. The lowest BCUT2D eigenvalue weighted by atomic mass is 9.95. The van der Waals surface area contributed by atoms with Crippen LogP contribution in [0.15, 0.2) is 24.3 Å². The normalized spacial score (nSPS) is 18.2. The second-order valence-electron chi connectivity index (χ2n) is 5.61. The molecule has 0 bridgehead atoms. The summed E-state index contributed by atoms with van der Waals surface area (Å²) in [7, 11) is 0. The maximum Gasteiger partial charge on any atom is 0.125 e. The van der Waals surface area contributed by atoms with Crippen LogP contribution in [0.5, 0.6) is 5.75 Å². The van der Waals surface area contributed by atoms with E-state index >= 15 is 0 Å². The fourth-order valence-corrected chi connectivity index (χ4v) is 2.81. The molecule has 0 radical (unpaired) electrons. The highest BCUT2D eigenvalue weighted by Gasteiger charge is 2.21. The summed E-state index contributed by atoms with van der Waals surface area (Å²) >= 11 is 0. The van der Waals surface area contributed by atoms with Gasteiger partial charge in [-0.25, -0.2) is 0 Å². The van der Waals surface area contributed by atoms with Crippen LogP contribution in [0.3, 0.4) is 0 Å². The van der Waals surface area contributed by atoms with E-state index in [1.54, 1.807) is 0 Å². The first-order chi connectivity index (χ1) is 8.66. The van der Waals surface area contributed by atoms with Gasteiger partial charge >= 0.3 is 0 Å². The Hall–Kier alpha value is -1.02. The highest BCUT2D eigenvalue weighted by Crippen LogP contribution is 2.35. The van der Waals surface area contributed by atoms with Crippen molar-refractivity contribution in [3.63, 3.8) is 0 Å². The first-order valence-corrected chi connectivity index (χ1v) is 7.10. The van der Waals surface area contributed by atoms with Crippen molar-refractivity contribution in [3.05, 3.63) is 29.8 Å². The predicted octanol–water partition coefficient (Wildman–Crippen LogP) is 4.09. The van der Waals surface area contributed by atoms with Gasteiger partial charge in [-0.05, 0) is 32.3 Å². The third kappa shape index (κ3) is 3.49. The zero-order chi connectivity index (χ0) is 13.0. The van der Waals surface area contributed by atoms with E-state index in [1.165, 1.54) is 25.7 Å². The zero-order valence-corrected chi connectivity index (χ0v) is 11.4. The van der Waals surface area contributed by atoms with E-state index in [2.05, 4.69) is 0 Å². The minimum Gasteiger partial charge on any atom is -0.491 e. The molecule has 0 heterocycles. The van der Waals surface area contributed by atoms with E-state index in [0.717, 1.165) is 17.7 Å². The van der Waals surface area contributed by atoms with Crippen molar-refractivity contribution in [3.8, 4) is 5.75 Å². The summed E-state index contributed by atoms with van der Waals surface area (Å²) in [5.41, 5.74) is 0.943. The van der Waals surface area contributed by atoms with Crippen molar-refractivity contribution in [2.24, 2.45) is 5.92 Å². The van der Waals surface area contributed by atoms with Crippen LogP contribution in [-0.2, 0) is 0 Å². The van der Waals surface area contributed by atoms with Crippen molar-refractivity contribution in [2.75, 3.05) is 0 Å². The van der Waals surface area contributed by atoms with Crippen molar-refractivity contribution in [1.29, 1.82) is 0 Å². The fourth-order valence-electron chi connectivity index (χ4n) is 2.81. The number of aliphatic hydroxyl groups excluding tert-OH is 1. The lowest BCUT2D eigenvalue weighted by Gasteiger charge is -2.20. The summed E-state index contributed by atoms with van der Waals surface area (Å²) in [6, 6.07) is 7.87. The van der Waals surface area contributed by atoms with Gasteiger partial charge < -0.3 is 9.84 Å². The summed E-state index contributed by atoms with van der Waals surface area (Å²) in [5.74, 6) is 1.52. The monoisotopic (exact) mass is 248 g/mol. The van der Waals surface area contributed by atoms with Crippen LogP contribution in [0, 0.1) is 5.92 Å². The molecule has 2 heteroatoms. The molecule has 18 heavy (non-hydrogen) atoms. The third-order valence-electron chi connectivity index (χ3n) is 3.67. The molecule has 1 aromatic rings. The molecular formula is C16H24O2. The van der Waals surface area contributed by atoms with E-state index < -0.39 is 0 Å². The predicted molar refractivity (Wildman–Crippen MR) is 73.7 cm³/mol. The van der Waals surface area contributed by atoms with Gasteiger partial charge in [0.2, 0.25) is 0 Å². The Kier molecular flexibility index (Phi) is 4.65. The smallest absolute Gasteiger partial charge is 0.125 e. The van der Waals surface area contributed by atoms with E-state index in [4.69, 9.17) is 4.74 Å². The Labute approximate surface area is 110 Å². The van der Waals surface area contributed by atoms with Crippen molar-refractivity contribution in [2.45, 2.75) is 58.2 Å².